The number of rotatable bonds is 7. The summed E-state index contributed by atoms with van der Waals surface area (Å²) in [6.45, 7) is 8.89. The van der Waals surface area contributed by atoms with Crippen molar-refractivity contribution in [3.05, 3.63) is 0 Å². The SMILES string of the molecule is CCOCCN(CC)C(=O)CC1COCCN1. The minimum Gasteiger partial charge on any atom is -0.380 e. The number of carbonyl (C=O) groups excluding carboxylic acids is 1. The summed E-state index contributed by atoms with van der Waals surface area (Å²) in [5.41, 5.74) is 0. The molecule has 0 aliphatic carbocycles. The number of likely N-dealkylation sites (N-methyl/N-ethyl adjacent to an activating group) is 1. The molecular weight excluding hydrogens is 220 g/mol. The molecule has 1 saturated heterocycles. The predicted molar refractivity (Wildman–Crippen MR) is 66.0 cm³/mol. The first-order chi connectivity index (χ1) is 8.27. The highest BCUT2D eigenvalue weighted by molar-refractivity contribution is 5.76. The van der Waals surface area contributed by atoms with Crippen LogP contribution in [0, 0.1) is 0 Å². The summed E-state index contributed by atoms with van der Waals surface area (Å²) in [7, 11) is 0. The fraction of sp³-hybridized carbons (Fsp3) is 0.917. The summed E-state index contributed by atoms with van der Waals surface area (Å²) in [4.78, 5) is 13.9. The fourth-order valence-corrected chi connectivity index (χ4v) is 1.87. The van der Waals surface area contributed by atoms with E-state index < -0.39 is 0 Å². The van der Waals surface area contributed by atoms with E-state index in [9.17, 15) is 4.79 Å². The molecule has 1 N–H and O–H groups in total. The van der Waals surface area contributed by atoms with Gasteiger partial charge in [-0.25, -0.2) is 0 Å². The lowest BCUT2D eigenvalue weighted by Gasteiger charge is -2.27. The Bertz CT molecular complexity index is 218. The highest BCUT2D eigenvalue weighted by Crippen LogP contribution is 2.02. The van der Waals surface area contributed by atoms with Crippen molar-refractivity contribution < 1.29 is 14.3 Å². The van der Waals surface area contributed by atoms with Gasteiger partial charge in [-0.05, 0) is 13.8 Å². The van der Waals surface area contributed by atoms with Gasteiger partial charge in [-0.1, -0.05) is 0 Å². The van der Waals surface area contributed by atoms with E-state index in [1.807, 2.05) is 18.7 Å². The number of ether oxygens (including phenoxy) is 2. The summed E-state index contributed by atoms with van der Waals surface area (Å²) >= 11 is 0. The zero-order valence-electron chi connectivity index (χ0n) is 10.9. The Morgan fingerprint density at radius 1 is 1.53 bits per heavy atom. The van der Waals surface area contributed by atoms with Crippen molar-refractivity contribution in [3.63, 3.8) is 0 Å². The molecule has 5 nitrogen and oxygen atoms in total. The zero-order valence-corrected chi connectivity index (χ0v) is 10.9. The molecule has 1 unspecified atom stereocenters. The molecule has 1 amide bonds. The van der Waals surface area contributed by atoms with Crippen molar-refractivity contribution in [2.75, 3.05) is 46.1 Å². The maximum atomic E-state index is 12.0. The highest BCUT2D eigenvalue weighted by atomic mass is 16.5. The Labute approximate surface area is 103 Å². The topological polar surface area (TPSA) is 50.8 Å². The second-order valence-corrected chi connectivity index (χ2v) is 4.10. The van der Waals surface area contributed by atoms with Gasteiger partial charge in [0.05, 0.1) is 19.8 Å². The van der Waals surface area contributed by atoms with E-state index in [0.717, 1.165) is 19.7 Å². The van der Waals surface area contributed by atoms with Crippen molar-refractivity contribution in [1.29, 1.82) is 0 Å². The first-order valence-corrected chi connectivity index (χ1v) is 6.44. The van der Waals surface area contributed by atoms with Crippen LogP contribution in [0.15, 0.2) is 0 Å². The second kappa shape index (κ2) is 8.44. The number of morpholine rings is 1. The Hall–Kier alpha value is -0.650. The molecular formula is C12H24N2O3. The van der Waals surface area contributed by atoms with E-state index in [0.29, 0.717) is 32.8 Å². The summed E-state index contributed by atoms with van der Waals surface area (Å²) in [6, 6.07) is 0.164. The maximum Gasteiger partial charge on any atom is 0.224 e. The molecule has 0 bridgehead atoms. The van der Waals surface area contributed by atoms with Crippen LogP contribution in [0.25, 0.3) is 0 Å². The minimum atomic E-state index is 0.164. The molecule has 1 aliphatic rings. The van der Waals surface area contributed by atoms with E-state index >= 15 is 0 Å². The standard InChI is InChI=1S/C12H24N2O3/c1-3-14(6-8-16-4-2)12(15)9-11-10-17-7-5-13-11/h11,13H,3-10H2,1-2H3. The lowest BCUT2D eigenvalue weighted by atomic mass is 10.2. The normalized spacial score (nSPS) is 20.2. The third-order valence-electron chi connectivity index (χ3n) is 2.86. The van der Waals surface area contributed by atoms with Crippen LogP contribution in [-0.2, 0) is 14.3 Å². The smallest absolute Gasteiger partial charge is 0.224 e. The first-order valence-electron chi connectivity index (χ1n) is 6.44. The van der Waals surface area contributed by atoms with Crippen molar-refractivity contribution in [2.24, 2.45) is 0 Å². The quantitative estimate of drug-likeness (QED) is 0.652. The van der Waals surface area contributed by atoms with Gasteiger partial charge in [0.1, 0.15) is 0 Å². The number of hydrogen-bond donors (Lipinski definition) is 1. The number of nitrogens with zero attached hydrogens (tertiary/aromatic N) is 1. The fourth-order valence-electron chi connectivity index (χ4n) is 1.87. The molecule has 0 spiro atoms. The third-order valence-corrected chi connectivity index (χ3v) is 2.86. The summed E-state index contributed by atoms with van der Waals surface area (Å²) < 4.78 is 10.6. The van der Waals surface area contributed by atoms with Gasteiger partial charge in [0.25, 0.3) is 0 Å². The highest BCUT2D eigenvalue weighted by Gasteiger charge is 2.20. The van der Waals surface area contributed by atoms with E-state index in [1.165, 1.54) is 0 Å². The van der Waals surface area contributed by atoms with Gasteiger partial charge in [-0.15, -0.1) is 0 Å². The Morgan fingerprint density at radius 3 is 2.94 bits per heavy atom. The molecule has 100 valence electrons. The van der Waals surface area contributed by atoms with Gasteiger partial charge in [-0.3, -0.25) is 4.79 Å². The number of amides is 1. The number of nitrogens with one attached hydrogen (secondary N) is 1. The third kappa shape index (κ3) is 5.48. The lowest BCUT2D eigenvalue weighted by Crippen LogP contribution is -2.45. The van der Waals surface area contributed by atoms with Crippen LogP contribution in [0.4, 0.5) is 0 Å². The van der Waals surface area contributed by atoms with Crippen LogP contribution >= 0.6 is 0 Å². The van der Waals surface area contributed by atoms with Crippen LogP contribution in [0.2, 0.25) is 0 Å². The molecule has 0 aromatic rings. The Kier molecular flexibility index (Phi) is 7.16. The molecule has 0 radical (unpaired) electrons. The minimum absolute atomic E-state index is 0.164. The monoisotopic (exact) mass is 244 g/mol. The molecule has 0 aromatic carbocycles. The lowest BCUT2D eigenvalue weighted by molar-refractivity contribution is -0.133. The van der Waals surface area contributed by atoms with Crippen LogP contribution < -0.4 is 5.32 Å². The molecule has 1 rings (SSSR count). The Balaban J connectivity index is 2.26. The molecule has 5 heteroatoms. The summed E-state index contributed by atoms with van der Waals surface area (Å²) in [5.74, 6) is 0.176. The number of hydrogen-bond acceptors (Lipinski definition) is 4. The van der Waals surface area contributed by atoms with Crippen LogP contribution in [-0.4, -0.2) is 62.9 Å². The molecule has 17 heavy (non-hydrogen) atoms. The van der Waals surface area contributed by atoms with Gasteiger partial charge in [0, 0.05) is 38.7 Å². The van der Waals surface area contributed by atoms with Crippen LogP contribution in [0.3, 0.4) is 0 Å². The van der Waals surface area contributed by atoms with Gasteiger partial charge < -0.3 is 19.7 Å². The van der Waals surface area contributed by atoms with Crippen molar-refractivity contribution in [3.8, 4) is 0 Å². The van der Waals surface area contributed by atoms with Crippen molar-refractivity contribution >= 4 is 5.91 Å². The molecule has 0 aromatic heterocycles. The first kappa shape index (κ1) is 14.4. The van der Waals surface area contributed by atoms with Gasteiger partial charge in [0.15, 0.2) is 0 Å². The molecule has 1 aliphatic heterocycles. The Morgan fingerprint density at radius 2 is 2.35 bits per heavy atom. The predicted octanol–water partition coefficient (Wildman–Crippen LogP) is 0.250. The molecule has 0 saturated carbocycles. The van der Waals surface area contributed by atoms with E-state index in [2.05, 4.69) is 5.32 Å². The van der Waals surface area contributed by atoms with E-state index in [-0.39, 0.29) is 11.9 Å². The van der Waals surface area contributed by atoms with E-state index in [4.69, 9.17) is 9.47 Å². The van der Waals surface area contributed by atoms with Crippen LogP contribution in [0.5, 0.6) is 0 Å². The maximum absolute atomic E-state index is 12.0. The van der Waals surface area contributed by atoms with Gasteiger partial charge in [0.2, 0.25) is 5.91 Å². The molecule has 1 atom stereocenters. The summed E-state index contributed by atoms with van der Waals surface area (Å²) in [6.07, 6.45) is 0.514. The largest absolute Gasteiger partial charge is 0.380 e. The second-order valence-electron chi connectivity index (χ2n) is 4.10. The average molecular weight is 244 g/mol. The average Bonchev–Trinajstić information content (AvgIpc) is 2.36. The number of carbonyl (C=O) groups is 1. The van der Waals surface area contributed by atoms with Crippen molar-refractivity contribution in [1.82, 2.24) is 10.2 Å². The van der Waals surface area contributed by atoms with Gasteiger partial charge >= 0.3 is 0 Å². The zero-order chi connectivity index (χ0) is 12.5. The summed E-state index contributed by atoms with van der Waals surface area (Å²) in [5, 5.41) is 3.29. The van der Waals surface area contributed by atoms with Crippen molar-refractivity contribution in [2.45, 2.75) is 26.3 Å². The molecule has 1 fully saturated rings. The van der Waals surface area contributed by atoms with E-state index in [1.54, 1.807) is 0 Å². The van der Waals surface area contributed by atoms with Gasteiger partial charge in [-0.2, -0.15) is 0 Å². The van der Waals surface area contributed by atoms with Crippen LogP contribution in [0.1, 0.15) is 20.3 Å². The molecule has 1 heterocycles.